The molecule has 0 amide bonds. The van der Waals surface area contributed by atoms with E-state index in [1.54, 1.807) is 0 Å². The van der Waals surface area contributed by atoms with Crippen molar-refractivity contribution in [2.24, 2.45) is 0 Å². The number of nitrogens with one attached hydrogen (secondary N) is 1. The molecule has 0 atom stereocenters. The fourth-order valence-electron chi connectivity index (χ4n) is 2.03. The summed E-state index contributed by atoms with van der Waals surface area (Å²) in [4.78, 5) is 7.02. The Morgan fingerprint density at radius 3 is 2.58 bits per heavy atom. The van der Waals surface area contributed by atoms with Gasteiger partial charge in [0.15, 0.2) is 0 Å². The molecule has 0 aliphatic carbocycles. The molecule has 1 N–H and O–H groups in total. The molecule has 0 bridgehead atoms. The van der Waals surface area contributed by atoms with Crippen LogP contribution in [0.5, 0.6) is 0 Å². The van der Waals surface area contributed by atoms with E-state index >= 15 is 0 Å². The maximum absolute atomic E-state index is 4.74. The number of anilines is 1. The van der Waals surface area contributed by atoms with E-state index in [0.29, 0.717) is 0 Å². The van der Waals surface area contributed by atoms with Crippen LogP contribution in [-0.4, -0.2) is 24.6 Å². The maximum Gasteiger partial charge on any atom is 0.129 e. The fourth-order valence-corrected chi connectivity index (χ4v) is 2.03. The van der Waals surface area contributed by atoms with Crippen molar-refractivity contribution in [2.45, 2.75) is 40.7 Å². The number of hydrogen-bond donors (Lipinski definition) is 1. The zero-order valence-corrected chi connectivity index (χ0v) is 12.8. The second kappa shape index (κ2) is 7.95. The van der Waals surface area contributed by atoms with Crippen LogP contribution in [0.25, 0.3) is 0 Å². The van der Waals surface area contributed by atoms with Gasteiger partial charge < -0.3 is 10.2 Å². The fraction of sp³-hybridized carbons (Fsp3) is 0.562. The highest BCUT2D eigenvalue weighted by Gasteiger charge is 2.08. The van der Waals surface area contributed by atoms with Crippen molar-refractivity contribution in [2.75, 3.05) is 24.5 Å². The van der Waals surface area contributed by atoms with E-state index in [0.717, 1.165) is 44.1 Å². The van der Waals surface area contributed by atoms with Gasteiger partial charge in [-0.25, -0.2) is 4.98 Å². The quantitative estimate of drug-likeness (QED) is 0.729. The van der Waals surface area contributed by atoms with Crippen molar-refractivity contribution >= 4 is 5.82 Å². The van der Waals surface area contributed by atoms with Crippen molar-refractivity contribution in [3.05, 3.63) is 35.5 Å². The molecule has 0 unspecified atom stereocenters. The molecule has 0 aromatic carbocycles. The van der Waals surface area contributed by atoms with E-state index in [2.05, 4.69) is 56.6 Å². The number of hydrogen-bond acceptors (Lipinski definition) is 3. The Labute approximate surface area is 117 Å². The Kier molecular flexibility index (Phi) is 6.57. The number of likely N-dealkylation sites (N-methyl/N-ethyl adjacent to an activating group) is 1. The summed E-state index contributed by atoms with van der Waals surface area (Å²) in [5.74, 6) is 1.07. The number of aryl methyl sites for hydroxylation is 1. The van der Waals surface area contributed by atoms with E-state index in [-0.39, 0.29) is 0 Å². The van der Waals surface area contributed by atoms with Crippen molar-refractivity contribution in [3.63, 3.8) is 0 Å². The van der Waals surface area contributed by atoms with Crippen LogP contribution in [0.4, 0.5) is 5.82 Å². The van der Waals surface area contributed by atoms with E-state index in [1.807, 2.05) is 0 Å². The Balaban J connectivity index is 2.99. The molecule has 1 heterocycles. The molecule has 1 rings (SSSR count). The second-order valence-corrected chi connectivity index (χ2v) is 4.93. The van der Waals surface area contributed by atoms with Crippen LogP contribution in [0.15, 0.2) is 24.3 Å². The van der Waals surface area contributed by atoms with Crippen LogP contribution in [0.2, 0.25) is 0 Å². The summed E-state index contributed by atoms with van der Waals surface area (Å²) in [6, 6.07) is 4.38. The predicted molar refractivity (Wildman–Crippen MR) is 83.7 cm³/mol. The molecule has 0 radical (unpaired) electrons. The predicted octanol–water partition coefficient (Wildman–Crippen LogP) is 3.16. The van der Waals surface area contributed by atoms with Gasteiger partial charge in [-0.1, -0.05) is 26.0 Å². The van der Waals surface area contributed by atoms with Crippen LogP contribution in [0, 0.1) is 0 Å². The van der Waals surface area contributed by atoms with Gasteiger partial charge >= 0.3 is 0 Å². The maximum atomic E-state index is 4.74. The lowest BCUT2D eigenvalue weighted by Crippen LogP contribution is -2.26. The molecule has 0 aliphatic heterocycles. The van der Waals surface area contributed by atoms with Gasteiger partial charge in [0.1, 0.15) is 5.82 Å². The minimum atomic E-state index is 0.872. The Morgan fingerprint density at radius 2 is 2.05 bits per heavy atom. The minimum absolute atomic E-state index is 0.872. The first-order valence-electron chi connectivity index (χ1n) is 7.20. The lowest BCUT2D eigenvalue weighted by Gasteiger charge is -2.23. The normalized spacial score (nSPS) is 10.5. The van der Waals surface area contributed by atoms with E-state index in [4.69, 9.17) is 4.98 Å². The van der Waals surface area contributed by atoms with Gasteiger partial charge in [-0.15, -0.1) is 0 Å². The molecule has 3 heteroatoms. The monoisotopic (exact) mass is 261 g/mol. The second-order valence-electron chi connectivity index (χ2n) is 4.93. The minimum Gasteiger partial charge on any atom is -0.353 e. The summed E-state index contributed by atoms with van der Waals surface area (Å²) >= 11 is 0. The number of aromatic nitrogens is 1. The summed E-state index contributed by atoms with van der Waals surface area (Å²) < 4.78 is 0. The molecule has 0 aliphatic rings. The summed E-state index contributed by atoms with van der Waals surface area (Å²) in [7, 11) is 0. The van der Waals surface area contributed by atoms with Crippen LogP contribution < -0.4 is 10.2 Å². The third kappa shape index (κ3) is 5.03. The van der Waals surface area contributed by atoms with Crippen molar-refractivity contribution in [1.82, 2.24) is 10.3 Å². The average Bonchev–Trinajstić information content (AvgIpc) is 2.41. The van der Waals surface area contributed by atoms with E-state index in [1.165, 1.54) is 11.1 Å². The van der Waals surface area contributed by atoms with E-state index < -0.39 is 0 Å². The first kappa shape index (κ1) is 15.7. The highest BCUT2D eigenvalue weighted by atomic mass is 15.2. The summed E-state index contributed by atoms with van der Waals surface area (Å²) in [5.41, 5.74) is 3.63. The molecule has 1 aromatic heterocycles. The summed E-state index contributed by atoms with van der Waals surface area (Å²) in [6.07, 6.45) is 0.970. The van der Waals surface area contributed by atoms with Crippen molar-refractivity contribution in [1.29, 1.82) is 0 Å². The van der Waals surface area contributed by atoms with Gasteiger partial charge in [0.25, 0.3) is 0 Å². The molecular formula is C16H27N3. The molecular weight excluding hydrogens is 234 g/mol. The third-order valence-corrected chi connectivity index (χ3v) is 3.03. The van der Waals surface area contributed by atoms with Crippen molar-refractivity contribution in [3.8, 4) is 0 Å². The molecule has 0 saturated carbocycles. The highest BCUT2D eigenvalue weighted by molar-refractivity contribution is 5.44. The molecule has 0 fully saturated rings. The van der Waals surface area contributed by atoms with Gasteiger partial charge in [-0.05, 0) is 44.5 Å². The standard InChI is InChI=1S/C16H27N3/c1-6-15-9-14(11-17-7-2)10-16(18-15)19(8-3)12-13(4)5/h9-10,17H,4,6-8,11-12H2,1-3,5H3. The Morgan fingerprint density at radius 1 is 1.32 bits per heavy atom. The lowest BCUT2D eigenvalue weighted by molar-refractivity contribution is 0.722. The zero-order valence-electron chi connectivity index (χ0n) is 12.8. The largest absolute Gasteiger partial charge is 0.353 e. The first-order chi connectivity index (χ1) is 9.10. The number of rotatable bonds is 8. The van der Waals surface area contributed by atoms with Gasteiger partial charge in [-0.3, -0.25) is 0 Å². The van der Waals surface area contributed by atoms with Crippen LogP contribution in [0.1, 0.15) is 39.0 Å². The van der Waals surface area contributed by atoms with Gasteiger partial charge in [-0.2, -0.15) is 0 Å². The third-order valence-electron chi connectivity index (χ3n) is 3.03. The smallest absolute Gasteiger partial charge is 0.129 e. The molecule has 0 saturated heterocycles. The Bertz CT molecular complexity index is 412. The summed E-state index contributed by atoms with van der Waals surface area (Å²) in [6.45, 7) is 16.2. The first-order valence-corrected chi connectivity index (χ1v) is 7.20. The summed E-state index contributed by atoms with van der Waals surface area (Å²) in [5, 5.41) is 3.38. The highest BCUT2D eigenvalue weighted by Crippen LogP contribution is 2.16. The molecule has 0 spiro atoms. The van der Waals surface area contributed by atoms with Gasteiger partial charge in [0.05, 0.1) is 0 Å². The lowest BCUT2D eigenvalue weighted by atomic mass is 10.1. The van der Waals surface area contributed by atoms with E-state index in [9.17, 15) is 0 Å². The molecule has 19 heavy (non-hydrogen) atoms. The number of pyridine rings is 1. The molecule has 3 nitrogen and oxygen atoms in total. The van der Waals surface area contributed by atoms with Gasteiger partial charge in [0, 0.05) is 25.3 Å². The SMILES string of the molecule is C=C(C)CN(CC)c1cc(CNCC)cc(CC)n1. The Hall–Kier alpha value is -1.35. The molecule has 1 aromatic rings. The van der Waals surface area contributed by atoms with Crippen LogP contribution >= 0.6 is 0 Å². The van der Waals surface area contributed by atoms with Crippen molar-refractivity contribution < 1.29 is 0 Å². The number of nitrogens with zero attached hydrogens (tertiary/aromatic N) is 2. The average molecular weight is 261 g/mol. The van der Waals surface area contributed by atoms with Gasteiger partial charge in [0.2, 0.25) is 0 Å². The topological polar surface area (TPSA) is 28.2 Å². The van der Waals surface area contributed by atoms with Crippen LogP contribution in [-0.2, 0) is 13.0 Å². The zero-order chi connectivity index (χ0) is 14.3. The molecule has 106 valence electrons. The van der Waals surface area contributed by atoms with Crippen LogP contribution in [0.3, 0.4) is 0 Å².